The van der Waals surface area contributed by atoms with Gasteiger partial charge in [-0.15, -0.1) is 0 Å². The summed E-state index contributed by atoms with van der Waals surface area (Å²) < 4.78 is 22.8. The molecule has 178 valence electrons. The highest BCUT2D eigenvalue weighted by molar-refractivity contribution is 7.51. The second-order valence-corrected chi connectivity index (χ2v) is 9.72. The summed E-state index contributed by atoms with van der Waals surface area (Å²) in [5, 5.41) is 29.2. The lowest BCUT2D eigenvalue weighted by Crippen LogP contribution is -2.34. The zero-order valence-corrected chi connectivity index (χ0v) is 19.2. The zero-order valence-electron chi connectivity index (χ0n) is 16.8. The van der Waals surface area contributed by atoms with Gasteiger partial charge in [0.1, 0.15) is 30.5 Å². The van der Waals surface area contributed by atoms with E-state index in [-0.39, 0.29) is 17.5 Å². The van der Waals surface area contributed by atoms with Crippen LogP contribution in [0.3, 0.4) is 0 Å². The summed E-state index contributed by atoms with van der Waals surface area (Å²) in [7, 11) is -4.38. The van der Waals surface area contributed by atoms with Crippen molar-refractivity contribution in [2.45, 2.75) is 31.1 Å². The minimum atomic E-state index is -4.38. The number of aliphatic hydroxyl groups excluding tert-OH is 2. The highest BCUT2D eigenvalue weighted by atomic mass is 35.5. The molecule has 0 radical (unpaired) electrons. The summed E-state index contributed by atoms with van der Waals surface area (Å²) in [6.07, 6.45) is -4.36. The van der Waals surface area contributed by atoms with E-state index < -0.39 is 38.5 Å². The molecule has 12 nitrogen and oxygen atoms in total. The fourth-order valence-corrected chi connectivity index (χ4v) is 4.13. The number of hydrogen-bond donors (Lipinski definition) is 5. The first kappa shape index (κ1) is 24.3. The van der Waals surface area contributed by atoms with Crippen LogP contribution in [0.2, 0.25) is 10.3 Å². The van der Waals surface area contributed by atoms with Crippen LogP contribution in [-0.4, -0.2) is 71.0 Å². The number of fused-ring (bicyclic) bond motifs is 1. The highest BCUT2D eigenvalue weighted by Crippen LogP contribution is 2.36. The van der Waals surface area contributed by atoms with Crippen molar-refractivity contribution >= 4 is 47.6 Å². The van der Waals surface area contributed by atoms with E-state index in [4.69, 9.17) is 42.5 Å². The van der Waals surface area contributed by atoms with Crippen LogP contribution in [0.1, 0.15) is 11.8 Å². The van der Waals surface area contributed by atoms with E-state index in [9.17, 15) is 14.8 Å². The Morgan fingerprint density at radius 2 is 2.00 bits per heavy atom. The van der Waals surface area contributed by atoms with Crippen molar-refractivity contribution in [3.63, 3.8) is 0 Å². The lowest BCUT2D eigenvalue weighted by atomic mass is 10.1. The van der Waals surface area contributed by atoms with Crippen molar-refractivity contribution < 1.29 is 34.0 Å². The second kappa shape index (κ2) is 9.79. The van der Waals surface area contributed by atoms with E-state index in [1.165, 1.54) is 10.9 Å². The molecule has 5 N–H and O–H groups in total. The molecule has 4 rings (SSSR count). The van der Waals surface area contributed by atoms with Gasteiger partial charge in [-0.05, 0) is 29.3 Å². The Bertz CT molecular complexity index is 1190. The summed E-state index contributed by atoms with van der Waals surface area (Å²) in [4.78, 5) is 26.2. The first-order chi connectivity index (χ1) is 15.6. The van der Waals surface area contributed by atoms with Crippen molar-refractivity contribution in [3.05, 3.63) is 46.3 Å². The predicted octanol–water partition coefficient (Wildman–Crippen LogP) is 1.52. The Labute approximate surface area is 197 Å². The smallest absolute Gasteiger partial charge is 0.350 e. The van der Waals surface area contributed by atoms with Crippen molar-refractivity contribution in [3.8, 4) is 0 Å². The van der Waals surface area contributed by atoms with Crippen LogP contribution in [0.15, 0.2) is 30.5 Å². The molecule has 0 amide bonds. The molecular weight excluding hydrogens is 500 g/mol. The molecule has 4 atom stereocenters. The maximum Gasteiger partial charge on any atom is 0.350 e. The van der Waals surface area contributed by atoms with Crippen LogP contribution in [0, 0.1) is 0 Å². The second-order valence-electron chi connectivity index (χ2n) is 7.36. The van der Waals surface area contributed by atoms with Gasteiger partial charge in [0.2, 0.25) is 5.28 Å². The largest absolute Gasteiger partial charge is 0.387 e. The summed E-state index contributed by atoms with van der Waals surface area (Å²) >= 11 is 12.1. The first-order valence-electron chi connectivity index (χ1n) is 9.65. The van der Waals surface area contributed by atoms with Crippen molar-refractivity contribution in [2.24, 2.45) is 0 Å². The van der Waals surface area contributed by atoms with Gasteiger partial charge in [-0.1, -0.05) is 23.7 Å². The standard InChI is InChI=1S/C18H20Cl2N5O7P/c19-10-3-1-2-9(4-10)5-21-15-11-6-22-25(16(11)24-18(20)23-15)17-14(27)13(26)12(32-17)7-31-8-33(28,29)30/h1-4,6,12-14,17,26-27H,5,7-8H2,(H,21,23,24)(H2,28,29,30)/t12-,13-,14-,17-/m1/s1. The molecule has 15 heteroatoms. The van der Waals surface area contributed by atoms with Gasteiger partial charge in [-0.2, -0.15) is 15.1 Å². The fourth-order valence-electron chi connectivity index (χ4n) is 3.41. The molecule has 2 aromatic heterocycles. The summed E-state index contributed by atoms with van der Waals surface area (Å²) in [6, 6.07) is 7.28. The maximum atomic E-state index is 10.9. The topological polar surface area (TPSA) is 172 Å². The number of hydrogen-bond acceptors (Lipinski definition) is 9. The van der Waals surface area contributed by atoms with Crippen LogP contribution < -0.4 is 5.32 Å². The van der Waals surface area contributed by atoms with Crippen LogP contribution in [0.4, 0.5) is 5.82 Å². The van der Waals surface area contributed by atoms with E-state index in [0.29, 0.717) is 22.8 Å². The Balaban J connectivity index is 1.54. The average Bonchev–Trinajstić information content (AvgIpc) is 3.27. The van der Waals surface area contributed by atoms with Gasteiger partial charge in [0.05, 0.1) is 18.2 Å². The van der Waals surface area contributed by atoms with E-state index in [2.05, 4.69) is 20.4 Å². The molecule has 3 aromatic rings. The van der Waals surface area contributed by atoms with Gasteiger partial charge >= 0.3 is 7.60 Å². The Morgan fingerprint density at radius 1 is 1.21 bits per heavy atom. The van der Waals surface area contributed by atoms with Gasteiger partial charge in [0, 0.05) is 11.6 Å². The van der Waals surface area contributed by atoms with Crippen LogP contribution in [0.5, 0.6) is 0 Å². The average molecular weight is 520 g/mol. The van der Waals surface area contributed by atoms with Crippen LogP contribution >= 0.6 is 30.8 Å². The Morgan fingerprint density at radius 3 is 2.73 bits per heavy atom. The molecule has 1 aliphatic heterocycles. The van der Waals surface area contributed by atoms with Crippen LogP contribution in [0.25, 0.3) is 11.0 Å². The normalized spacial score (nSPS) is 23.3. The molecule has 0 spiro atoms. The third-order valence-electron chi connectivity index (χ3n) is 4.90. The molecule has 1 fully saturated rings. The van der Waals surface area contributed by atoms with E-state index >= 15 is 0 Å². The molecule has 3 heterocycles. The number of anilines is 1. The summed E-state index contributed by atoms with van der Waals surface area (Å²) in [5.74, 6) is 0.394. The minimum absolute atomic E-state index is 0.0765. The molecule has 0 bridgehead atoms. The molecule has 33 heavy (non-hydrogen) atoms. The molecule has 0 aliphatic carbocycles. The first-order valence-corrected chi connectivity index (χ1v) is 12.2. The van der Waals surface area contributed by atoms with Crippen molar-refractivity contribution in [1.29, 1.82) is 0 Å². The number of aromatic nitrogens is 4. The lowest BCUT2D eigenvalue weighted by Gasteiger charge is -2.16. The molecule has 1 aromatic carbocycles. The van der Waals surface area contributed by atoms with Gasteiger partial charge in [-0.3, -0.25) is 4.57 Å². The Hall–Kier alpha value is -1.86. The van der Waals surface area contributed by atoms with E-state index in [1.807, 2.05) is 12.1 Å². The number of benzene rings is 1. The zero-order chi connectivity index (χ0) is 23.8. The highest BCUT2D eigenvalue weighted by Gasteiger charge is 2.45. The van der Waals surface area contributed by atoms with Gasteiger partial charge in [0.15, 0.2) is 11.9 Å². The monoisotopic (exact) mass is 519 g/mol. The number of halogens is 2. The molecular formula is C18H20Cl2N5O7P. The third-order valence-corrected chi connectivity index (χ3v) is 5.82. The Kier molecular flexibility index (Phi) is 7.20. The number of rotatable bonds is 8. The van der Waals surface area contributed by atoms with Crippen molar-refractivity contribution in [1.82, 2.24) is 19.7 Å². The number of aliphatic hydroxyl groups is 2. The van der Waals surface area contributed by atoms with Gasteiger partial charge < -0.3 is 34.8 Å². The molecule has 0 unspecified atom stereocenters. The SMILES string of the molecule is O=P(O)(O)COC[C@H]1O[C@@H](n2ncc3c(NCc4cccc(Cl)c4)nc(Cl)nc32)[C@H](O)[C@@H]1O. The molecule has 1 saturated heterocycles. The van der Waals surface area contributed by atoms with Gasteiger partial charge in [-0.25, -0.2) is 4.68 Å². The minimum Gasteiger partial charge on any atom is -0.387 e. The molecule has 0 saturated carbocycles. The quantitative estimate of drug-likeness (QED) is 0.215. The maximum absolute atomic E-state index is 10.9. The van der Waals surface area contributed by atoms with E-state index in [1.54, 1.807) is 12.1 Å². The van der Waals surface area contributed by atoms with Gasteiger partial charge in [0.25, 0.3) is 0 Å². The number of ether oxygens (including phenoxy) is 2. The third kappa shape index (κ3) is 5.62. The lowest BCUT2D eigenvalue weighted by molar-refractivity contribution is -0.0658. The number of nitrogens with zero attached hydrogens (tertiary/aromatic N) is 4. The fraction of sp³-hybridized carbons (Fsp3) is 0.389. The van der Waals surface area contributed by atoms with Crippen LogP contribution in [-0.2, 0) is 20.6 Å². The molecule has 1 aliphatic rings. The summed E-state index contributed by atoms with van der Waals surface area (Å²) in [5.41, 5.74) is 1.16. The van der Waals surface area contributed by atoms with Crippen molar-refractivity contribution in [2.75, 3.05) is 18.3 Å². The number of nitrogens with one attached hydrogen (secondary N) is 1. The predicted molar refractivity (Wildman–Crippen MR) is 118 cm³/mol. The summed E-state index contributed by atoms with van der Waals surface area (Å²) in [6.45, 7) is 0.0512. The van der Waals surface area contributed by atoms with E-state index in [0.717, 1.165) is 5.56 Å².